The van der Waals surface area contributed by atoms with E-state index < -0.39 is 11.9 Å². The van der Waals surface area contributed by atoms with Crippen molar-refractivity contribution in [1.29, 1.82) is 0 Å². The number of oxazole rings is 1. The van der Waals surface area contributed by atoms with Crippen LogP contribution in [0.2, 0.25) is 0 Å². The summed E-state index contributed by atoms with van der Waals surface area (Å²) in [5, 5.41) is 11.9. The van der Waals surface area contributed by atoms with Gasteiger partial charge in [-0.05, 0) is 25.7 Å². The number of carbonyl (C=O) groups is 2. The molecule has 0 aliphatic heterocycles. The summed E-state index contributed by atoms with van der Waals surface area (Å²) < 4.78 is 5.43. The molecule has 0 aromatic carbocycles. The predicted octanol–water partition coefficient (Wildman–Crippen LogP) is 2.48. The highest BCUT2D eigenvalue weighted by Gasteiger charge is 2.27. The van der Waals surface area contributed by atoms with Crippen molar-refractivity contribution in [2.24, 2.45) is 5.92 Å². The summed E-state index contributed by atoms with van der Waals surface area (Å²) in [6.45, 7) is 0. The van der Waals surface area contributed by atoms with Crippen molar-refractivity contribution in [2.45, 2.75) is 50.5 Å². The lowest BCUT2D eigenvalue weighted by molar-refractivity contribution is -0.142. The Hall–Kier alpha value is -2.11. The lowest BCUT2D eigenvalue weighted by Gasteiger charge is -2.22. The van der Waals surface area contributed by atoms with Crippen LogP contribution in [0.4, 0.5) is 0 Å². The highest BCUT2D eigenvalue weighted by Crippen LogP contribution is 2.33. The van der Waals surface area contributed by atoms with E-state index in [1.807, 2.05) is 6.08 Å². The van der Waals surface area contributed by atoms with Gasteiger partial charge in [-0.25, -0.2) is 4.98 Å². The predicted molar refractivity (Wildman–Crippen MR) is 78.5 cm³/mol. The number of carbonyl (C=O) groups excluding carboxylic acids is 1. The van der Waals surface area contributed by atoms with Crippen LogP contribution < -0.4 is 5.32 Å². The fourth-order valence-electron chi connectivity index (χ4n) is 3.19. The lowest BCUT2D eigenvalue weighted by Crippen LogP contribution is -2.37. The minimum atomic E-state index is -0.825. The second-order valence-corrected chi connectivity index (χ2v) is 6.07. The van der Waals surface area contributed by atoms with Crippen molar-refractivity contribution in [3.63, 3.8) is 0 Å². The number of nitrogens with one attached hydrogen (secondary N) is 1. The first-order valence-corrected chi connectivity index (χ1v) is 7.79. The number of hydrogen-bond donors (Lipinski definition) is 2. The van der Waals surface area contributed by atoms with Crippen LogP contribution in [-0.2, 0) is 4.79 Å². The summed E-state index contributed by atoms with van der Waals surface area (Å²) in [4.78, 5) is 27.5. The van der Waals surface area contributed by atoms with Crippen LogP contribution in [0.25, 0.3) is 0 Å². The van der Waals surface area contributed by atoms with E-state index in [0.717, 1.165) is 12.8 Å². The number of aromatic nitrogens is 1. The van der Waals surface area contributed by atoms with Crippen molar-refractivity contribution < 1.29 is 19.1 Å². The average molecular weight is 304 g/mol. The van der Waals surface area contributed by atoms with Gasteiger partial charge in [-0.1, -0.05) is 25.0 Å². The number of aliphatic carboxylic acids is 1. The Labute approximate surface area is 128 Å². The zero-order valence-corrected chi connectivity index (χ0v) is 12.3. The van der Waals surface area contributed by atoms with Gasteiger partial charge in [0.1, 0.15) is 6.26 Å². The molecule has 0 radical (unpaired) electrons. The van der Waals surface area contributed by atoms with Crippen LogP contribution in [0.5, 0.6) is 0 Å². The fourth-order valence-corrected chi connectivity index (χ4v) is 3.19. The summed E-state index contributed by atoms with van der Waals surface area (Å²) in [7, 11) is 0. The monoisotopic (exact) mass is 304 g/mol. The van der Waals surface area contributed by atoms with Crippen molar-refractivity contribution in [3.8, 4) is 0 Å². The zero-order chi connectivity index (χ0) is 15.5. The Morgan fingerprint density at radius 3 is 2.82 bits per heavy atom. The highest BCUT2D eigenvalue weighted by molar-refractivity contribution is 5.92. The molecule has 1 amide bonds. The fraction of sp³-hybridized carbons (Fsp3) is 0.562. The molecule has 0 spiro atoms. The number of hydrogen-bond acceptors (Lipinski definition) is 4. The molecule has 1 aromatic rings. The van der Waals surface area contributed by atoms with Crippen molar-refractivity contribution in [1.82, 2.24) is 10.3 Å². The quantitative estimate of drug-likeness (QED) is 0.834. The molecular formula is C16H20N2O4. The molecule has 0 bridgehead atoms. The number of amides is 1. The van der Waals surface area contributed by atoms with Crippen LogP contribution >= 0.6 is 0 Å². The van der Waals surface area contributed by atoms with E-state index >= 15 is 0 Å². The van der Waals surface area contributed by atoms with Gasteiger partial charge >= 0.3 is 5.97 Å². The molecule has 6 heteroatoms. The number of carboxylic acids is 1. The number of carboxylic acid groups (broad SMARTS) is 1. The molecule has 0 saturated heterocycles. The van der Waals surface area contributed by atoms with E-state index in [0.29, 0.717) is 24.7 Å². The van der Waals surface area contributed by atoms with Gasteiger partial charge in [0.05, 0.1) is 5.92 Å². The second-order valence-electron chi connectivity index (χ2n) is 6.07. The first-order chi connectivity index (χ1) is 10.6. The van der Waals surface area contributed by atoms with E-state index in [1.165, 1.54) is 19.1 Å². The molecule has 1 aromatic heterocycles. The molecule has 2 aliphatic carbocycles. The van der Waals surface area contributed by atoms with Gasteiger partial charge in [-0.3, -0.25) is 9.59 Å². The maximum absolute atomic E-state index is 12.2. The second kappa shape index (κ2) is 6.34. The highest BCUT2D eigenvalue weighted by atomic mass is 16.4. The Morgan fingerprint density at radius 2 is 2.09 bits per heavy atom. The molecular weight excluding hydrogens is 284 g/mol. The van der Waals surface area contributed by atoms with Crippen LogP contribution in [0.15, 0.2) is 22.8 Å². The topological polar surface area (TPSA) is 92.4 Å². The first-order valence-electron chi connectivity index (χ1n) is 7.79. The van der Waals surface area contributed by atoms with Crippen LogP contribution in [0.1, 0.15) is 60.8 Å². The molecule has 1 saturated carbocycles. The van der Waals surface area contributed by atoms with Gasteiger partial charge in [-0.2, -0.15) is 0 Å². The van der Waals surface area contributed by atoms with Crippen molar-refractivity contribution in [2.75, 3.05) is 0 Å². The van der Waals surface area contributed by atoms with Gasteiger partial charge < -0.3 is 14.8 Å². The SMILES string of the molecule is O=C(N[C@@H]1C=CC[C@@H](C(=O)O)C1)c1coc(C2CCCC2)n1. The molecule has 1 heterocycles. The molecule has 118 valence electrons. The number of rotatable bonds is 4. The van der Waals surface area contributed by atoms with Gasteiger partial charge in [-0.15, -0.1) is 0 Å². The van der Waals surface area contributed by atoms with Crippen LogP contribution in [0.3, 0.4) is 0 Å². The summed E-state index contributed by atoms with van der Waals surface area (Å²) >= 11 is 0. The molecule has 22 heavy (non-hydrogen) atoms. The Bertz CT molecular complexity index is 587. The smallest absolute Gasteiger partial charge is 0.306 e. The summed E-state index contributed by atoms with van der Waals surface area (Å²) in [5.41, 5.74) is 0.271. The van der Waals surface area contributed by atoms with Crippen LogP contribution in [0, 0.1) is 5.92 Å². The normalized spacial score (nSPS) is 25.3. The Kier molecular flexibility index (Phi) is 4.27. The molecule has 1 fully saturated rings. The standard InChI is InChI=1S/C16H20N2O4/c19-14(17-12-7-3-6-11(8-12)16(20)21)13-9-22-15(18-13)10-4-1-2-5-10/h3,7,9-12H,1-2,4-6,8H2,(H,17,19)(H,20,21)/t11-,12-/m1/s1. The van der Waals surface area contributed by atoms with Gasteiger partial charge in [0.15, 0.2) is 11.6 Å². The van der Waals surface area contributed by atoms with Crippen molar-refractivity contribution in [3.05, 3.63) is 30.0 Å². The van der Waals surface area contributed by atoms with E-state index in [1.54, 1.807) is 6.08 Å². The molecule has 0 unspecified atom stereocenters. The van der Waals surface area contributed by atoms with E-state index in [-0.39, 0.29) is 17.6 Å². The summed E-state index contributed by atoms with van der Waals surface area (Å²) in [6.07, 6.45) is 10.4. The van der Waals surface area contributed by atoms with E-state index in [4.69, 9.17) is 9.52 Å². The lowest BCUT2D eigenvalue weighted by atomic mass is 9.91. The maximum Gasteiger partial charge on any atom is 0.306 e. The number of allylic oxidation sites excluding steroid dienone is 1. The minimum absolute atomic E-state index is 0.269. The van der Waals surface area contributed by atoms with E-state index in [9.17, 15) is 9.59 Å². The average Bonchev–Trinajstić information content (AvgIpc) is 3.18. The van der Waals surface area contributed by atoms with Crippen LogP contribution in [-0.4, -0.2) is 28.0 Å². The molecule has 2 aliphatic rings. The third kappa shape index (κ3) is 3.21. The minimum Gasteiger partial charge on any atom is -0.481 e. The first kappa shape index (κ1) is 14.8. The van der Waals surface area contributed by atoms with Gasteiger partial charge in [0, 0.05) is 12.0 Å². The molecule has 2 N–H and O–H groups in total. The number of nitrogens with zero attached hydrogens (tertiary/aromatic N) is 1. The molecule has 3 rings (SSSR count). The third-order valence-corrected chi connectivity index (χ3v) is 4.45. The van der Waals surface area contributed by atoms with Crippen molar-refractivity contribution >= 4 is 11.9 Å². The van der Waals surface area contributed by atoms with Gasteiger partial charge in [0.2, 0.25) is 0 Å². The summed E-state index contributed by atoms with van der Waals surface area (Å²) in [6, 6.07) is -0.269. The van der Waals surface area contributed by atoms with E-state index in [2.05, 4.69) is 10.3 Å². The zero-order valence-electron chi connectivity index (χ0n) is 12.3. The largest absolute Gasteiger partial charge is 0.481 e. The molecule has 6 nitrogen and oxygen atoms in total. The maximum atomic E-state index is 12.2. The Morgan fingerprint density at radius 1 is 1.32 bits per heavy atom. The third-order valence-electron chi connectivity index (χ3n) is 4.45. The van der Waals surface area contributed by atoms with Gasteiger partial charge in [0.25, 0.3) is 5.91 Å². The Balaban J connectivity index is 1.61. The summed E-state index contributed by atoms with van der Waals surface area (Å²) in [5.74, 6) is -0.610. The molecule has 2 atom stereocenters.